The topological polar surface area (TPSA) is 96.3 Å². The number of methoxy groups -OCH3 is 1. The minimum atomic E-state index is -0.641. The molecule has 1 aromatic carbocycles. The number of aryl methyl sites for hydroxylation is 1. The zero-order chi connectivity index (χ0) is 15.7. The number of nitrogens with two attached hydrogens (primary N) is 1. The van der Waals surface area contributed by atoms with Crippen LogP contribution in [0.4, 0.5) is 5.69 Å². The molecule has 7 heteroatoms. The van der Waals surface area contributed by atoms with Crippen LogP contribution in [0, 0.1) is 0 Å². The zero-order valence-electron chi connectivity index (χ0n) is 11.9. The van der Waals surface area contributed by atoms with Crippen molar-refractivity contribution in [1.29, 1.82) is 0 Å². The third-order valence-corrected chi connectivity index (χ3v) is 3.18. The number of nitrogens with zero attached hydrogens (tertiary/aromatic N) is 2. The number of rotatable bonds is 3. The molecule has 110 valence electrons. The minimum Gasteiger partial charge on any atom is -0.495 e. The molecule has 0 atom stereocenters. The Bertz CT molecular complexity index is 833. The van der Waals surface area contributed by atoms with E-state index in [0.29, 0.717) is 11.4 Å². The van der Waals surface area contributed by atoms with E-state index in [4.69, 9.17) is 10.5 Å². The molecule has 0 aliphatic heterocycles. The molecule has 1 aromatic heterocycles. The van der Waals surface area contributed by atoms with Gasteiger partial charge in [-0.1, -0.05) is 0 Å². The summed E-state index contributed by atoms with van der Waals surface area (Å²) in [4.78, 5) is 36.1. The van der Waals surface area contributed by atoms with Gasteiger partial charge < -0.3 is 15.0 Å². The molecule has 0 amide bonds. The van der Waals surface area contributed by atoms with E-state index in [1.807, 2.05) is 0 Å². The maximum atomic E-state index is 12.4. The summed E-state index contributed by atoms with van der Waals surface area (Å²) in [6, 6.07) is 4.50. The molecule has 0 radical (unpaired) electrons. The standard InChI is InChI=1S/C14H15N3O4/c1-16-7-9(13(19)17(2)14(16)20)12(18)8-4-5-11(21-3)10(15)6-8/h4-7H,15H2,1-3H3. The van der Waals surface area contributed by atoms with Gasteiger partial charge in [-0.25, -0.2) is 4.79 Å². The average Bonchev–Trinajstić information content (AvgIpc) is 2.48. The molecule has 1 heterocycles. The number of carbonyl (C=O) groups is 1. The summed E-state index contributed by atoms with van der Waals surface area (Å²) in [5, 5.41) is 0. The molecule has 0 aliphatic rings. The van der Waals surface area contributed by atoms with E-state index in [1.54, 1.807) is 6.07 Å². The first kappa shape index (κ1) is 14.6. The van der Waals surface area contributed by atoms with Crippen LogP contribution in [0.15, 0.2) is 34.0 Å². The first-order chi connectivity index (χ1) is 9.86. The van der Waals surface area contributed by atoms with Gasteiger partial charge in [0.1, 0.15) is 11.3 Å². The molecule has 2 aromatic rings. The zero-order valence-corrected chi connectivity index (χ0v) is 11.9. The van der Waals surface area contributed by atoms with Gasteiger partial charge in [0.2, 0.25) is 0 Å². The molecule has 0 spiro atoms. The average molecular weight is 289 g/mol. The van der Waals surface area contributed by atoms with Gasteiger partial charge in [-0.15, -0.1) is 0 Å². The minimum absolute atomic E-state index is 0.0934. The van der Waals surface area contributed by atoms with Gasteiger partial charge in [-0.3, -0.25) is 14.2 Å². The number of ketones is 1. The Morgan fingerprint density at radius 3 is 2.48 bits per heavy atom. The van der Waals surface area contributed by atoms with Gasteiger partial charge in [-0.05, 0) is 18.2 Å². The SMILES string of the molecule is COc1ccc(C(=O)c2cn(C)c(=O)n(C)c2=O)cc1N. The van der Waals surface area contributed by atoms with Crippen molar-refractivity contribution < 1.29 is 9.53 Å². The Kier molecular flexibility index (Phi) is 3.66. The Morgan fingerprint density at radius 2 is 1.90 bits per heavy atom. The molecular formula is C14H15N3O4. The van der Waals surface area contributed by atoms with Crippen LogP contribution in [0.5, 0.6) is 5.75 Å². The number of aromatic nitrogens is 2. The van der Waals surface area contributed by atoms with Crippen molar-refractivity contribution in [2.24, 2.45) is 14.1 Å². The van der Waals surface area contributed by atoms with E-state index < -0.39 is 17.0 Å². The molecule has 0 unspecified atom stereocenters. The van der Waals surface area contributed by atoms with E-state index in [-0.39, 0.29) is 11.1 Å². The maximum absolute atomic E-state index is 12.4. The van der Waals surface area contributed by atoms with Crippen LogP contribution in [0.2, 0.25) is 0 Å². The summed E-state index contributed by atoms with van der Waals surface area (Å²) in [5.41, 5.74) is 5.07. The number of carbonyl (C=O) groups excluding carboxylic acids is 1. The normalized spacial score (nSPS) is 10.4. The molecule has 0 saturated carbocycles. The highest BCUT2D eigenvalue weighted by molar-refractivity contribution is 6.09. The monoisotopic (exact) mass is 289 g/mol. The second kappa shape index (κ2) is 5.28. The highest BCUT2D eigenvalue weighted by atomic mass is 16.5. The molecule has 2 rings (SSSR count). The Hall–Kier alpha value is -2.83. The first-order valence-corrected chi connectivity index (χ1v) is 6.11. The van der Waals surface area contributed by atoms with Crippen LogP contribution >= 0.6 is 0 Å². The van der Waals surface area contributed by atoms with Crippen molar-refractivity contribution in [3.8, 4) is 5.75 Å². The van der Waals surface area contributed by atoms with Crippen molar-refractivity contribution in [2.45, 2.75) is 0 Å². The van der Waals surface area contributed by atoms with Gasteiger partial charge in [0.15, 0.2) is 5.78 Å². The van der Waals surface area contributed by atoms with Crippen molar-refractivity contribution in [3.05, 3.63) is 56.4 Å². The summed E-state index contributed by atoms with van der Waals surface area (Å²) >= 11 is 0. The maximum Gasteiger partial charge on any atom is 0.330 e. The lowest BCUT2D eigenvalue weighted by atomic mass is 10.0. The third kappa shape index (κ3) is 2.45. The number of anilines is 1. The van der Waals surface area contributed by atoms with Crippen LogP contribution < -0.4 is 21.7 Å². The van der Waals surface area contributed by atoms with Crippen LogP contribution in [0.25, 0.3) is 0 Å². The van der Waals surface area contributed by atoms with Crippen LogP contribution in [0.3, 0.4) is 0 Å². The number of hydrogen-bond donors (Lipinski definition) is 1. The Balaban J connectivity index is 2.58. The van der Waals surface area contributed by atoms with Gasteiger partial charge >= 0.3 is 5.69 Å². The highest BCUT2D eigenvalue weighted by Crippen LogP contribution is 2.22. The lowest BCUT2D eigenvalue weighted by Crippen LogP contribution is -2.39. The number of nitrogen functional groups attached to an aromatic ring is 1. The van der Waals surface area contributed by atoms with Crippen molar-refractivity contribution >= 4 is 11.5 Å². The van der Waals surface area contributed by atoms with Crippen LogP contribution in [-0.2, 0) is 14.1 Å². The second-order valence-corrected chi connectivity index (χ2v) is 4.59. The summed E-state index contributed by atoms with van der Waals surface area (Å²) in [5.74, 6) is -0.0551. The van der Waals surface area contributed by atoms with Crippen molar-refractivity contribution in [1.82, 2.24) is 9.13 Å². The molecule has 2 N–H and O–H groups in total. The fourth-order valence-electron chi connectivity index (χ4n) is 2.00. The molecule has 0 saturated heterocycles. The van der Waals surface area contributed by atoms with Gasteiger partial charge in [-0.2, -0.15) is 0 Å². The van der Waals surface area contributed by atoms with Crippen molar-refractivity contribution in [3.63, 3.8) is 0 Å². The molecule has 7 nitrogen and oxygen atoms in total. The van der Waals surface area contributed by atoms with E-state index in [0.717, 1.165) is 4.57 Å². The fraction of sp³-hybridized carbons (Fsp3) is 0.214. The fourth-order valence-corrected chi connectivity index (χ4v) is 2.00. The summed E-state index contributed by atoms with van der Waals surface area (Å²) in [6.45, 7) is 0. The highest BCUT2D eigenvalue weighted by Gasteiger charge is 2.17. The number of hydrogen-bond acceptors (Lipinski definition) is 5. The quantitative estimate of drug-likeness (QED) is 0.629. The second-order valence-electron chi connectivity index (χ2n) is 4.59. The molecule has 0 bridgehead atoms. The van der Waals surface area contributed by atoms with Crippen molar-refractivity contribution in [2.75, 3.05) is 12.8 Å². The predicted molar refractivity (Wildman–Crippen MR) is 77.8 cm³/mol. The predicted octanol–water partition coefficient (Wildman–Crippen LogP) is -0.0942. The Labute approximate surface area is 120 Å². The third-order valence-electron chi connectivity index (χ3n) is 3.18. The van der Waals surface area contributed by atoms with E-state index in [9.17, 15) is 14.4 Å². The van der Waals surface area contributed by atoms with Gasteiger partial charge in [0.25, 0.3) is 5.56 Å². The first-order valence-electron chi connectivity index (χ1n) is 6.11. The Morgan fingerprint density at radius 1 is 1.24 bits per heavy atom. The summed E-state index contributed by atoms with van der Waals surface area (Å²) in [7, 11) is 4.26. The summed E-state index contributed by atoms with van der Waals surface area (Å²) in [6.07, 6.45) is 1.23. The van der Waals surface area contributed by atoms with Gasteiger partial charge in [0, 0.05) is 25.9 Å². The molecule has 0 fully saturated rings. The van der Waals surface area contributed by atoms with E-state index in [1.165, 1.54) is 44.1 Å². The largest absolute Gasteiger partial charge is 0.495 e. The summed E-state index contributed by atoms with van der Waals surface area (Å²) < 4.78 is 7.09. The van der Waals surface area contributed by atoms with E-state index in [2.05, 4.69) is 0 Å². The molecular weight excluding hydrogens is 274 g/mol. The lowest BCUT2D eigenvalue weighted by Gasteiger charge is -2.08. The molecule has 21 heavy (non-hydrogen) atoms. The molecule has 0 aliphatic carbocycles. The van der Waals surface area contributed by atoms with Crippen LogP contribution in [0.1, 0.15) is 15.9 Å². The smallest absolute Gasteiger partial charge is 0.330 e. The van der Waals surface area contributed by atoms with E-state index >= 15 is 0 Å². The lowest BCUT2D eigenvalue weighted by molar-refractivity contribution is 0.103. The van der Waals surface area contributed by atoms with Crippen LogP contribution in [-0.4, -0.2) is 22.0 Å². The number of benzene rings is 1. The van der Waals surface area contributed by atoms with Gasteiger partial charge in [0.05, 0.1) is 12.8 Å². The number of ether oxygens (including phenoxy) is 1.